The van der Waals surface area contributed by atoms with Gasteiger partial charge in [0.1, 0.15) is 0 Å². The minimum absolute atomic E-state index is 0.0646. The average molecular weight is 293 g/mol. The minimum atomic E-state index is -0.0646. The number of hydrogen-bond acceptors (Lipinski definition) is 2. The molecule has 1 amide bonds. The lowest BCUT2D eigenvalue weighted by Gasteiger charge is -2.03. The molecule has 0 bridgehead atoms. The monoisotopic (exact) mass is 293 g/mol. The normalized spacial score (nSPS) is 12.2. The lowest BCUT2D eigenvalue weighted by Crippen LogP contribution is -2.23. The second-order valence-corrected chi connectivity index (χ2v) is 5.77. The molecule has 0 aliphatic heterocycles. The van der Waals surface area contributed by atoms with Crippen LogP contribution < -0.4 is 5.32 Å². The molecule has 2 N–H and O–H groups in total. The first-order chi connectivity index (χ1) is 9.95. The van der Waals surface area contributed by atoms with Crippen molar-refractivity contribution < 1.29 is 9.90 Å². The Morgan fingerprint density at radius 3 is 2.24 bits per heavy atom. The molecule has 3 heteroatoms. The molecule has 21 heavy (non-hydrogen) atoms. The summed E-state index contributed by atoms with van der Waals surface area (Å²) in [6.45, 7) is 9.04. The highest BCUT2D eigenvalue weighted by molar-refractivity contribution is 5.88. The minimum Gasteiger partial charge on any atom is -0.396 e. The number of carbonyl (C=O) groups is 1. The van der Waals surface area contributed by atoms with Crippen molar-refractivity contribution in [2.75, 3.05) is 13.2 Å². The Morgan fingerprint density at radius 2 is 1.62 bits per heavy atom. The van der Waals surface area contributed by atoms with E-state index in [9.17, 15) is 4.79 Å². The number of rotatable bonds is 10. The fourth-order valence-corrected chi connectivity index (χ4v) is 1.87. The number of nitrogens with one attached hydrogen (secondary N) is 1. The fourth-order valence-electron chi connectivity index (χ4n) is 1.87. The summed E-state index contributed by atoms with van der Waals surface area (Å²) in [7, 11) is 0. The van der Waals surface area contributed by atoms with Crippen LogP contribution in [0.1, 0.15) is 59.8 Å². The Kier molecular flexibility index (Phi) is 11.6. The van der Waals surface area contributed by atoms with Gasteiger partial charge in [0, 0.05) is 19.2 Å². The summed E-state index contributed by atoms with van der Waals surface area (Å²) in [5, 5.41) is 11.4. The Hall–Kier alpha value is -1.35. The molecule has 0 aliphatic rings. The van der Waals surface area contributed by atoms with Gasteiger partial charge in [0.15, 0.2) is 0 Å². The molecule has 0 aromatic rings. The van der Waals surface area contributed by atoms with Crippen LogP contribution in [0.15, 0.2) is 34.9 Å². The molecule has 0 saturated heterocycles. The van der Waals surface area contributed by atoms with Gasteiger partial charge in [-0.2, -0.15) is 0 Å². The summed E-state index contributed by atoms with van der Waals surface area (Å²) in [5.41, 5.74) is 3.87. The van der Waals surface area contributed by atoms with E-state index < -0.39 is 0 Å². The third kappa shape index (κ3) is 13.4. The van der Waals surface area contributed by atoms with Crippen molar-refractivity contribution in [3.63, 3.8) is 0 Å². The van der Waals surface area contributed by atoms with Crippen molar-refractivity contribution in [2.24, 2.45) is 0 Å². The number of amides is 1. The van der Waals surface area contributed by atoms with Gasteiger partial charge < -0.3 is 10.4 Å². The quantitative estimate of drug-likeness (QED) is 0.364. The molecule has 0 spiro atoms. The standard InChI is InChI=1S/C18H31NO2/c1-15(2)8-5-9-16(3)10-6-11-17(4)14-18(21)19-12-7-13-20/h8,10,14,20H,5-7,9,11-13H2,1-4H3,(H,19,21). The van der Waals surface area contributed by atoms with Crippen molar-refractivity contribution in [1.82, 2.24) is 5.32 Å². The average Bonchev–Trinajstić information content (AvgIpc) is 2.38. The number of aliphatic hydroxyl groups excluding tert-OH is 1. The zero-order valence-corrected chi connectivity index (χ0v) is 14.0. The van der Waals surface area contributed by atoms with E-state index in [0.717, 1.165) is 31.3 Å². The highest BCUT2D eigenvalue weighted by Crippen LogP contribution is 2.11. The number of aliphatic hydroxyl groups is 1. The van der Waals surface area contributed by atoms with E-state index in [-0.39, 0.29) is 12.5 Å². The summed E-state index contributed by atoms with van der Waals surface area (Å²) in [4.78, 5) is 11.5. The number of allylic oxidation sites excluding steroid dienone is 5. The predicted molar refractivity (Wildman–Crippen MR) is 90.1 cm³/mol. The summed E-state index contributed by atoms with van der Waals surface area (Å²) < 4.78 is 0. The van der Waals surface area contributed by atoms with E-state index in [1.54, 1.807) is 6.08 Å². The molecule has 120 valence electrons. The molecule has 0 heterocycles. The van der Waals surface area contributed by atoms with Gasteiger partial charge in [-0.3, -0.25) is 4.79 Å². The predicted octanol–water partition coefficient (Wildman–Crippen LogP) is 3.90. The Morgan fingerprint density at radius 1 is 1.00 bits per heavy atom. The van der Waals surface area contributed by atoms with E-state index in [2.05, 4.69) is 38.2 Å². The van der Waals surface area contributed by atoms with Gasteiger partial charge in [-0.25, -0.2) is 0 Å². The van der Waals surface area contributed by atoms with Crippen LogP contribution >= 0.6 is 0 Å². The van der Waals surface area contributed by atoms with Crippen LogP contribution in [0.3, 0.4) is 0 Å². The van der Waals surface area contributed by atoms with Crippen LogP contribution in [-0.4, -0.2) is 24.2 Å². The summed E-state index contributed by atoms with van der Waals surface area (Å²) in [5.74, 6) is -0.0646. The van der Waals surface area contributed by atoms with Gasteiger partial charge in [-0.1, -0.05) is 28.9 Å². The van der Waals surface area contributed by atoms with Gasteiger partial charge in [-0.05, 0) is 59.8 Å². The zero-order chi connectivity index (χ0) is 16.1. The van der Waals surface area contributed by atoms with Crippen molar-refractivity contribution in [1.29, 1.82) is 0 Å². The van der Waals surface area contributed by atoms with E-state index >= 15 is 0 Å². The highest BCUT2D eigenvalue weighted by Gasteiger charge is 1.97. The van der Waals surface area contributed by atoms with E-state index in [1.165, 1.54) is 11.1 Å². The lowest BCUT2D eigenvalue weighted by atomic mass is 10.1. The van der Waals surface area contributed by atoms with Crippen LogP contribution in [-0.2, 0) is 4.79 Å². The van der Waals surface area contributed by atoms with Crippen molar-refractivity contribution in [2.45, 2.75) is 59.8 Å². The van der Waals surface area contributed by atoms with Crippen molar-refractivity contribution >= 4 is 5.91 Å². The van der Waals surface area contributed by atoms with Crippen LogP contribution in [0.4, 0.5) is 0 Å². The maximum Gasteiger partial charge on any atom is 0.243 e. The largest absolute Gasteiger partial charge is 0.396 e. The van der Waals surface area contributed by atoms with Crippen molar-refractivity contribution in [3.05, 3.63) is 34.9 Å². The van der Waals surface area contributed by atoms with Gasteiger partial charge in [0.2, 0.25) is 5.91 Å². The molecule has 0 atom stereocenters. The molecule has 0 rings (SSSR count). The van der Waals surface area contributed by atoms with Gasteiger partial charge >= 0.3 is 0 Å². The first-order valence-corrected chi connectivity index (χ1v) is 7.80. The number of carbonyl (C=O) groups excluding carboxylic acids is 1. The number of hydrogen-bond donors (Lipinski definition) is 2. The molecule has 0 aliphatic carbocycles. The van der Waals surface area contributed by atoms with E-state index in [0.29, 0.717) is 13.0 Å². The fraction of sp³-hybridized carbons (Fsp3) is 0.611. The van der Waals surface area contributed by atoms with E-state index in [4.69, 9.17) is 5.11 Å². The molecule has 0 saturated carbocycles. The van der Waals surface area contributed by atoms with E-state index in [1.807, 2.05) is 6.92 Å². The maximum absolute atomic E-state index is 11.5. The Bertz CT molecular complexity index is 388. The van der Waals surface area contributed by atoms with Gasteiger partial charge in [0.05, 0.1) is 0 Å². The van der Waals surface area contributed by atoms with Gasteiger partial charge in [-0.15, -0.1) is 0 Å². The highest BCUT2D eigenvalue weighted by atomic mass is 16.3. The third-order valence-electron chi connectivity index (χ3n) is 3.13. The summed E-state index contributed by atoms with van der Waals surface area (Å²) in [6, 6.07) is 0. The summed E-state index contributed by atoms with van der Waals surface area (Å²) in [6.07, 6.45) is 10.9. The Labute approximate surface area is 129 Å². The first kappa shape index (κ1) is 19.7. The van der Waals surface area contributed by atoms with Crippen molar-refractivity contribution in [3.8, 4) is 0 Å². The second-order valence-electron chi connectivity index (χ2n) is 5.77. The Balaban J connectivity index is 3.97. The maximum atomic E-state index is 11.5. The smallest absolute Gasteiger partial charge is 0.243 e. The molecular formula is C18H31NO2. The zero-order valence-electron chi connectivity index (χ0n) is 14.0. The third-order valence-corrected chi connectivity index (χ3v) is 3.13. The SMILES string of the molecule is CC(C)=CCCC(C)=CCCC(C)=CC(=O)NCCCO. The molecule has 3 nitrogen and oxygen atoms in total. The van der Waals surface area contributed by atoms with Crippen LogP contribution in [0.2, 0.25) is 0 Å². The molecular weight excluding hydrogens is 262 g/mol. The van der Waals surface area contributed by atoms with Crippen LogP contribution in [0, 0.1) is 0 Å². The second kappa shape index (κ2) is 12.4. The first-order valence-electron chi connectivity index (χ1n) is 7.80. The lowest BCUT2D eigenvalue weighted by molar-refractivity contribution is -0.116. The van der Waals surface area contributed by atoms with Crippen LogP contribution in [0.25, 0.3) is 0 Å². The summed E-state index contributed by atoms with van der Waals surface area (Å²) >= 11 is 0. The van der Waals surface area contributed by atoms with Gasteiger partial charge in [0.25, 0.3) is 0 Å². The molecule has 0 unspecified atom stereocenters. The molecule has 0 aromatic carbocycles. The topological polar surface area (TPSA) is 49.3 Å². The molecule has 0 fully saturated rings. The van der Waals surface area contributed by atoms with Crippen LogP contribution in [0.5, 0.6) is 0 Å². The molecule has 0 aromatic heterocycles. The molecule has 0 radical (unpaired) electrons.